The van der Waals surface area contributed by atoms with Crippen molar-refractivity contribution in [1.29, 1.82) is 0 Å². The second kappa shape index (κ2) is 6.96. The Morgan fingerprint density at radius 2 is 2.13 bits per heavy atom. The smallest absolute Gasteiger partial charge is 0.433 e. The molecule has 1 aliphatic heterocycles. The third-order valence-electron chi connectivity index (χ3n) is 5.27. The Bertz CT molecular complexity index is 1260. The predicted octanol–water partition coefficient (Wildman–Crippen LogP) is 4.28. The largest absolute Gasteiger partial charge is 0.463 e. The van der Waals surface area contributed by atoms with Gasteiger partial charge in [0.2, 0.25) is 0 Å². The summed E-state index contributed by atoms with van der Waals surface area (Å²) in [6.45, 7) is 2.19. The summed E-state index contributed by atoms with van der Waals surface area (Å²) >= 11 is 0. The number of rotatable bonds is 3. The number of aryl methyl sites for hydroxylation is 1. The fourth-order valence-corrected chi connectivity index (χ4v) is 3.88. The van der Waals surface area contributed by atoms with Gasteiger partial charge in [0.05, 0.1) is 18.5 Å². The van der Waals surface area contributed by atoms with E-state index in [4.69, 9.17) is 8.94 Å². The molecule has 11 heteroatoms. The van der Waals surface area contributed by atoms with Gasteiger partial charge in [0, 0.05) is 12.6 Å². The first-order valence-electron chi connectivity index (χ1n) is 9.57. The van der Waals surface area contributed by atoms with Gasteiger partial charge in [-0.25, -0.2) is 9.50 Å². The average molecular weight is 431 g/mol. The molecular formula is C20H16F3N5O3. The third-order valence-corrected chi connectivity index (χ3v) is 5.27. The molecule has 0 N–H and O–H groups in total. The number of carbonyl (C=O) groups is 1. The van der Waals surface area contributed by atoms with E-state index in [1.807, 2.05) is 0 Å². The minimum atomic E-state index is -4.71. The van der Waals surface area contributed by atoms with E-state index in [-0.39, 0.29) is 28.7 Å². The first-order valence-corrected chi connectivity index (χ1v) is 9.57. The van der Waals surface area contributed by atoms with Crippen LogP contribution in [0.4, 0.5) is 13.2 Å². The molecule has 1 fully saturated rings. The van der Waals surface area contributed by atoms with Crippen LogP contribution in [0.25, 0.3) is 17.1 Å². The van der Waals surface area contributed by atoms with E-state index in [0.29, 0.717) is 28.9 Å². The van der Waals surface area contributed by atoms with Crippen LogP contribution < -0.4 is 0 Å². The van der Waals surface area contributed by atoms with E-state index in [2.05, 4.69) is 15.2 Å². The average Bonchev–Trinajstić information content (AvgIpc) is 3.51. The standard InChI is InChI=1S/C20H16F3N5O3/c1-11-8-13(26-31-11)15-4-2-6-27(15)19(29)12-10-24-28-17(20(21,22)23)9-14(25-18(12)28)16-5-3-7-30-16/h3,5,7-10,15H,2,4,6H2,1H3. The van der Waals surface area contributed by atoms with Crippen molar-refractivity contribution in [2.75, 3.05) is 6.54 Å². The van der Waals surface area contributed by atoms with Gasteiger partial charge in [-0.1, -0.05) is 5.16 Å². The quantitative estimate of drug-likeness (QED) is 0.481. The van der Waals surface area contributed by atoms with Gasteiger partial charge in [0.15, 0.2) is 17.1 Å². The molecule has 8 nitrogen and oxygen atoms in total. The Balaban J connectivity index is 1.61. The van der Waals surface area contributed by atoms with E-state index in [0.717, 1.165) is 18.7 Å². The van der Waals surface area contributed by atoms with E-state index in [1.54, 1.807) is 24.0 Å². The van der Waals surface area contributed by atoms with Crippen LogP contribution in [-0.4, -0.2) is 37.1 Å². The monoisotopic (exact) mass is 431 g/mol. The minimum absolute atomic E-state index is 0.0222. The van der Waals surface area contributed by atoms with Crippen LogP contribution in [0.3, 0.4) is 0 Å². The van der Waals surface area contributed by atoms with Gasteiger partial charge in [-0.15, -0.1) is 0 Å². The van der Waals surface area contributed by atoms with Gasteiger partial charge in [0.1, 0.15) is 22.7 Å². The Labute approximate surface area is 173 Å². The summed E-state index contributed by atoms with van der Waals surface area (Å²) in [5.41, 5.74) is -0.684. The van der Waals surface area contributed by atoms with Crippen LogP contribution in [-0.2, 0) is 6.18 Å². The first kappa shape index (κ1) is 19.3. The molecule has 0 saturated carbocycles. The lowest BCUT2D eigenvalue weighted by atomic mass is 10.1. The lowest BCUT2D eigenvalue weighted by molar-refractivity contribution is -0.142. The number of halogens is 3. The normalized spacial score (nSPS) is 17.0. The maximum Gasteiger partial charge on any atom is 0.433 e. The molecule has 31 heavy (non-hydrogen) atoms. The fraction of sp³-hybridized carbons (Fsp3) is 0.300. The van der Waals surface area contributed by atoms with Crippen molar-refractivity contribution < 1.29 is 26.9 Å². The molecule has 5 heterocycles. The number of hydrogen-bond donors (Lipinski definition) is 0. The SMILES string of the molecule is Cc1cc(C2CCCN2C(=O)c2cnn3c(C(F)(F)F)cc(-c4ccco4)nc23)no1. The highest BCUT2D eigenvalue weighted by Gasteiger charge is 2.38. The summed E-state index contributed by atoms with van der Waals surface area (Å²) in [6, 6.07) is 5.33. The van der Waals surface area contributed by atoms with Gasteiger partial charge in [-0.2, -0.15) is 18.3 Å². The van der Waals surface area contributed by atoms with Crippen molar-refractivity contribution in [2.24, 2.45) is 0 Å². The highest BCUT2D eigenvalue weighted by Crippen LogP contribution is 2.35. The van der Waals surface area contributed by atoms with E-state index < -0.39 is 17.8 Å². The van der Waals surface area contributed by atoms with Crippen LogP contribution >= 0.6 is 0 Å². The molecule has 0 radical (unpaired) electrons. The van der Waals surface area contributed by atoms with Crippen LogP contribution in [0.15, 0.2) is 45.7 Å². The lowest BCUT2D eigenvalue weighted by Crippen LogP contribution is -2.30. The van der Waals surface area contributed by atoms with E-state index in [1.165, 1.54) is 12.3 Å². The number of amides is 1. The molecule has 1 atom stereocenters. The lowest BCUT2D eigenvalue weighted by Gasteiger charge is -2.22. The van der Waals surface area contributed by atoms with Crippen molar-refractivity contribution in [2.45, 2.75) is 32.0 Å². The number of nitrogens with zero attached hydrogens (tertiary/aromatic N) is 5. The molecule has 1 unspecified atom stereocenters. The van der Waals surface area contributed by atoms with Crippen molar-refractivity contribution >= 4 is 11.6 Å². The maximum absolute atomic E-state index is 13.7. The molecule has 0 bridgehead atoms. The number of furan rings is 1. The van der Waals surface area contributed by atoms with Crippen LogP contribution in [0.5, 0.6) is 0 Å². The number of carbonyl (C=O) groups excluding carboxylic acids is 1. The topological polar surface area (TPSA) is 89.7 Å². The minimum Gasteiger partial charge on any atom is -0.463 e. The van der Waals surface area contributed by atoms with Gasteiger partial charge in [-0.3, -0.25) is 4.79 Å². The van der Waals surface area contributed by atoms with E-state index in [9.17, 15) is 18.0 Å². The van der Waals surface area contributed by atoms with E-state index >= 15 is 0 Å². The summed E-state index contributed by atoms with van der Waals surface area (Å²) in [5, 5.41) is 7.83. The van der Waals surface area contributed by atoms with Gasteiger partial charge in [-0.05, 0) is 38.0 Å². The summed E-state index contributed by atoms with van der Waals surface area (Å²) in [5.74, 6) is 0.310. The van der Waals surface area contributed by atoms with Gasteiger partial charge < -0.3 is 13.8 Å². The number of hydrogen-bond acceptors (Lipinski definition) is 6. The second-order valence-electron chi connectivity index (χ2n) is 7.31. The van der Waals surface area contributed by atoms with Crippen LogP contribution in [0, 0.1) is 6.92 Å². The Morgan fingerprint density at radius 1 is 1.29 bits per heavy atom. The highest BCUT2D eigenvalue weighted by atomic mass is 19.4. The molecule has 5 rings (SSSR count). The van der Waals surface area contributed by atoms with Crippen molar-refractivity contribution in [3.05, 3.63) is 59.4 Å². The maximum atomic E-state index is 13.7. The third kappa shape index (κ3) is 3.25. The molecule has 1 saturated heterocycles. The summed E-state index contributed by atoms with van der Waals surface area (Å²) in [7, 11) is 0. The number of likely N-dealkylation sites (tertiary alicyclic amines) is 1. The van der Waals surface area contributed by atoms with Crippen molar-refractivity contribution in [3.63, 3.8) is 0 Å². The Morgan fingerprint density at radius 3 is 2.81 bits per heavy atom. The molecular weight excluding hydrogens is 415 g/mol. The van der Waals surface area contributed by atoms with Gasteiger partial charge >= 0.3 is 6.18 Å². The fourth-order valence-electron chi connectivity index (χ4n) is 3.88. The molecule has 0 spiro atoms. The molecule has 0 aromatic carbocycles. The molecule has 4 aromatic rings. The van der Waals surface area contributed by atoms with Crippen molar-refractivity contribution in [1.82, 2.24) is 24.7 Å². The first-order chi connectivity index (χ1) is 14.8. The van der Waals surface area contributed by atoms with Crippen LogP contribution in [0.1, 0.15) is 46.4 Å². The Hall–Kier alpha value is -3.63. The molecule has 160 valence electrons. The zero-order valence-corrected chi connectivity index (χ0v) is 16.3. The zero-order chi connectivity index (χ0) is 21.8. The number of fused-ring (bicyclic) bond motifs is 1. The summed E-state index contributed by atoms with van der Waals surface area (Å²) in [6.07, 6.45) is -0.833. The predicted molar refractivity (Wildman–Crippen MR) is 99.9 cm³/mol. The molecule has 0 aliphatic carbocycles. The molecule has 4 aromatic heterocycles. The van der Waals surface area contributed by atoms with Gasteiger partial charge in [0.25, 0.3) is 5.91 Å². The second-order valence-corrected chi connectivity index (χ2v) is 7.31. The zero-order valence-electron chi connectivity index (χ0n) is 16.3. The number of aromatic nitrogens is 4. The summed E-state index contributed by atoms with van der Waals surface area (Å²) < 4.78 is 52.1. The highest BCUT2D eigenvalue weighted by molar-refractivity contribution is 6.00. The summed E-state index contributed by atoms with van der Waals surface area (Å²) in [4.78, 5) is 19.2. The molecule has 1 aliphatic rings. The number of alkyl halides is 3. The van der Waals surface area contributed by atoms with Crippen LogP contribution in [0.2, 0.25) is 0 Å². The molecule has 1 amide bonds. The Kier molecular flexibility index (Phi) is 4.34. The van der Waals surface area contributed by atoms with Crippen molar-refractivity contribution in [3.8, 4) is 11.5 Å².